The van der Waals surface area contributed by atoms with Gasteiger partial charge in [0.15, 0.2) is 24.8 Å². The number of ether oxygens (including phenoxy) is 7. The lowest BCUT2D eigenvalue weighted by Crippen LogP contribution is -2.65. The maximum Gasteiger partial charge on any atom is 0.303 e. The lowest BCUT2D eigenvalue weighted by molar-refractivity contribution is -0.339. The molecule has 0 aromatic rings. The van der Waals surface area contributed by atoms with E-state index in [1.54, 1.807) is 0 Å². The molecule has 16 heteroatoms. The van der Waals surface area contributed by atoms with Gasteiger partial charge in [0.05, 0.1) is 49.3 Å². The van der Waals surface area contributed by atoms with E-state index in [4.69, 9.17) is 33.2 Å². The zero-order valence-corrected chi connectivity index (χ0v) is 37.3. The number of hydrogen-bond donors (Lipinski definition) is 7. The highest BCUT2D eigenvalue weighted by Gasteiger charge is 2.85. The average molecular weight is 869 g/mol. The maximum absolute atomic E-state index is 12.3. The summed E-state index contributed by atoms with van der Waals surface area (Å²) in [6.07, 6.45) is -8.24. The normalized spacial score (nSPS) is 53.8. The van der Waals surface area contributed by atoms with Gasteiger partial charge in [-0.05, 0) is 111 Å². The molecule has 61 heavy (non-hydrogen) atoms. The van der Waals surface area contributed by atoms with Crippen LogP contribution >= 0.6 is 0 Å². The van der Waals surface area contributed by atoms with Crippen LogP contribution in [0.1, 0.15) is 114 Å². The highest BCUT2D eigenvalue weighted by Crippen LogP contribution is 2.89. The molecule has 0 aromatic heterocycles. The first kappa shape index (κ1) is 46.0. The van der Waals surface area contributed by atoms with Gasteiger partial charge < -0.3 is 68.9 Å². The smallest absolute Gasteiger partial charge is 0.303 e. The summed E-state index contributed by atoms with van der Waals surface area (Å²) < 4.78 is 43.3. The van der Waals surface area contributed by atoms with E-state index in [1.165, 1.54) is 13.8 Å². The Kier molecular flexibility index (Phi) is 11.5. The van der Waals surface area contributed by atoms with Crippen LogP contribution in [0.4, 0.5) is 0 Å². The van der Waals surface area contributed by atoms with Crippen LogP contribution < -0.4 is 0 Å². The topological polar surface area (TPSA) is 240 Å². The Morgan fingerprint density at radius 1 is 0.754 bits per heavy atom. The SMILES string of the molecule is CC(=O)OC1COC(OC2CCC34CC35CCC3(C)C(C6(C)CC(C(C)(C)O)CO6)C(O)CC3(C)C5CC(OC3OC(CO)C(O)C(O)C3O)C4C2(C)C)C(OC(C)=O)C1O. The van der Waals surface area contributed by atoms with E-state index in [9.17, 15) is 45.3 Å². The van der Waals surface area contributed by atoms with E-state index in [2.05, 4.69) is 34.6 Å². The second-order valence-electron chi connectivity index (χ2n) is 22.3. The number of aliphatic hydroxyl groups excluding tert-OH is 6. The van der Waals surface area contributed by atoms with Crippen molar-refractivity contribution in [3.63, 3.8) is 0 Å². The molecule has 5 aliphatic carbocycles. The third-order valence-electron chi connectivity index (χ3n) is 18.4. The number of hydrogen-bond acceptors (Lipinski definition) is 16. The summed E-state index contributed by atoms with van der Waals surface area (Å²) in [6, 6.07) is 0. The fourth-order valence-corrected chi connectivity index (χ4v) is 15.5. The number of carbonyl (C=O) groups is 2. The van der Waals surface area contributed by atoms with Crippen LogP contribution in [0.5, 0.6) is 0 Å². The van der Waals surface area contributed by atoms with Gasteiger partial charge in [0.2, 0.25) is 0 Å². The zero-order chi connectivity index (χ0) is 44.6. The largest absolute Gasteiger partial charge is 0.457 e. The van der Waals surface area contributed by atoms with Crippen molar-refractivity contribution < 1.29 is 78.5 Å². The van der Waals surface area contributed by atoms with Crippen molar-refractivity contribution >= 4 is 11.9 Å². The summed E-state index contributed by atoms with van der Waals surface area (Å²) in [4.78, 5) is 24.1. The molecule has 21 atom stereocenters. The number of esters is 2. The van der Waals surface area contributed by atoms with Crippen molar-refractivity contribution in [2.75, 3.05) is 19.8 Å². The van der Waals surface area contributed by atoms with E-state index >= 15 is 0 Å². The minimum atomic E-state index is -1.63. The summed E-state index contributed by atoms with van der Waals surface area (Å²) in [7, 11) is 0. The summed E-state index contributed by atoms with van der Waals surface area (Å²) in [6.45, 7) is 16.7. The van der Waals surface area contributed by atoms with E-state index in [0.717, 1.165) is 25.7 Å². The lowest BCUT2D eigenvalue weighted by Gasteiger charge is -2.65. The van der Waals surface area contributed by atoms with Gasteiger partial charge in [0.25, 0.3) is 0 Å². The summed E-state index contributed by atoms with van der Waals surface area (Å²) >= 11 is 0. The molecule has 8 fully saturated rings. The van der Waals surface area contributed by atoms with Crippen LogP contribution in [0.15, 0.2) is 0 Å². The van der Waals surface area contributed by atoms with Crippen LogP contribution in [0.3, 0.4) is 0 Å². The van der Waals surface area contributed by atoms with Gasteiger partial charge in [0, 0.05) is 25.7 Å². The predicted molar refractivity (Wildman–Crippen MR) is 213 cm³/mol. The molecule has 8 rings (SSSR count). The first-order valence-electron chi connectivity index (χ1n) is 22.6. The third-order valence-corrected chi connectivity index (χ3v) is 18.4. The second kappa shape index (κ2) is 15.3. The standard InChI is InChI=1S/C45H72O16/c1-21(47)57-27-19-55-38(34(31(27)51)58-22(2)48)61-29-10-11-45-20-44(45)13-12-41(7)35(43(9)15-23(18-56-43)40(5,6)54)24(49)16-42(41,8)28(44)14-25(36(45)39(29,3)4)59-37-33(53)32(52)30(50)26(17-46)60-37/h23-38,46,49-54H,10-20H2,1-9H3. The molecule has 0 aromatic carbocycles. The fraction of sp³-hybridized carbons (Fsp3) is 0.956. The van der Waals surface area contributed by atoms with Crippen LogP contribution in [0.25, 0.3) is 0 Å². The molecule has 8 aliphatic rings. The Morgan fingerprint density at radius 2 is 1.44 bits per heavy atom. The highest BCUT2D eigenvalue weighted by atomic mass is 16.7. The van der Waals surface area contributed by atoms with Crippen molar-refractivity contribution in [1.29, 1.82) is 0 Å². The number of rotatable bonds is 9. The molecule has 0 radical (unpaired) electrons. The van der Waals surface area contributed by atoms with Gasteiger partial charge in [-0.2, -0.15) is 0 Å². The first-order chi connectivity index (χ1) is 28.3. The molecular formula is C45H72O16. The molecule has 7 N–H and O–H groups in total. The Morgan fingerprint density at radius 3 is 2.07 bits per heavy atom. The molecule has 2 spiro atoms. The zero-order valence-electron chi connectivity index (χ0n) is 37.3. The van der Waals surface area contributed by atoms with Crippen LogP contribution in [-0.4, -0.2) is 152 Å². The van der Waals surface area contributed by atoms with Crippen LogP contribution in [0.2, 0.25) is 0 Å². The molecule has 3 saturated heterocycles. The van der Waals surface area contributed by atoms with Crippen LogP contribution in [0, 0.1) is 50.7 Å². The number of fused-ring (bicyclic) bond motifs is 2. The number of aliphatic hydroxyl groups is 7. The van der Waals surface area contributed by atoms with Gasteiger partial charge in [-0.3, -0.25) is 9.59 Å². The van der Waals surface area contributed by atoms with Crippen molar-refractivity contribution in [1.82, 2.24) is 0 Å². The van der Waals surface area contributed by atoms with E-state index in [0.29, 0.717) is 32.3 Å². The van der Waals surface area contributed by atoms with E-state index < -0.39 is 109 Å². The average Bonchev–Trinajstić information content (AvgIpc) is 3.52. The Bertz CT molecular complexity index is 1680. The minimum absolute atomic E-state index is 0.0660. The highest BCUT2D eigenvalue weighted by molar-refractivity contribution is 5.67. The Labute approximate surface area is 358 Å². The van der Waals surface area contributed by atoms with Crippen molar-refractivity contribution in [3.8, 4) is 0 Å². The third kappa shape index (κ3) is 6.89. The quantitative estimate of drug-likeness (QED) is 0.129. The van der Waals surface area contributed by atoms with E-state index in [-0.39, 0.29) is 51.9 Å². The predicted octanol–water partition coefficient (Wildman–Crippen LogP) is 1.72. The Hall–Kier alpha value is -1.54. The van der Waals surface area contributed by atoms with Crippen molar-refractivity contribution in [2.45, 2.75) is 199 Å². The van der Waals surface area contributed by atoms with E-state index in [1.807, 2.05) is 13.8 Å². The molecule has 3 heterocycles. The first-order valence-corrected chi connectivity index (χ1v) is 22.6. The molecule has 3 aliphatic heterocycles. The molecule has 5 saturated carbocycles. The summed E-state index contributed by atoms with van der Waals surface area (Å²) in [5.41, 5.74) is -3.35. The molecule has 348 valence electrons. The second-order valence-corrected chi connectivity index (χ2v) is 22.3. The molecule has 0 amide bonds. The van der Waals surface area contributed by atoms with Gasteiger partial charge in [-0.1, -0.05) is 27.7 Å². The van der Waals surface area contributed by atoms with Gasteiger partial charge in [-0.15, -0.1) is 0 Å². The maximum atomic E-state index is 12.3. The van der Waals surface area contributed by atoms with Gasteiger partial charge in [-0.25, -0.2) is 0 Å². The lowest BCUT2D eigenvalue weighted by atomic mass is 9.41. The summed E-state index contributed by atoms with van der Waals surface area (Å²) in [5.74, 6) is -1.70. The summed E-state index contributed by atoms with van der Waals surface area (Å²) in [5, 5.41) is 77.6. The van der Waals surface area contributed by atoms with Crippen LogP contribution in [-0.2, 0) is 42.7 Å². The molecule has 16 nitrogen and oxygen atoms in total. The van der Waals surface area contributed by atoms with Crippen molar-refractivity contribution in [3.05, 3.63) is 0 Å². The molecular weight excluding hydrogens is 796 g/mol. The monoisotopic (exact) mass is 868 g/mol. The number of carbonyl (C=O) groups excluding carboxylic acids is 2. The molecule has 21 unspecified atom stereocenters. The van der Waals surface area contributed by atoms with Gasteiger partial charge >= 0.3 is 11.9 Å². The Balaban J connectivity index is 1.14. The molecule has 0 bridgehead atoms. The minimum Gasteiger partial charge on any atom is -0.457 e. The van der Waals surface area contributed by atoms with Crippen molar-refractivity contribution in [2.24, 2.45) is 50.7 Å². The van der Waals surface area contributed by atoms with Gasteiger partial charge in [0.1, 0.15) is 30.5 Å². The fourth-order valence-electron chi connectivity index (χ4n) is 15.5.